The van der Waals surface area contributed by atoms with Gasteiger partial charge in [0.15, 0.2) is 0 Å². The molecule has 0 saturated carbocycles. The summed E-state index contributed by atoms with van der Waals surface area (Å²) in [5.74, 6) is 0. The third kappa shape index (κ3) is 4.58. The van der Waals surface area contributed by atoms with E-state index in [1.807, 2.05) is 6.20 Å². The van der Waals surface area contributed by atoms with Gasteiger partial charge in [-0.15, -0.1) is 11.6 Å². The predicted molar refractivity (Wildman–Crippen MR) is 75.1 cm³/mol. The Morgan fingerprint density at radius 2 is 2.33 bits per heavy atom. The van der Waals surface area contributed by atoms with Gasteiger partial charge in [0.05, 0.1) is 6.10 Å². The molecule has 0 radical (unpaired) electrons. The average molecular weight is 268 g/mol. The summed E-state index contributed by atoms with van der Waals surface area (Å²) in [6, 6.07) is 4.16. The maximum atomic E-state index is 6.38. The van der Waals surface area contributed by atoms with Crippen LogP contribution in [-0.4, -0.2) is 23.1 Å². The van der Waals surface area contributed by atoms with Gasteiger partial charge < -0.3 is 4.74 Å². The number of hydrogen-bond donors (Lipinski definition) is 0. The number of rotatable bonds is 5. The van der Waals surface area contributed by atoms with E-state index in [1.165, 1.54) is 24.8 Å². The highest BCUT2D eigenvalue weighted by molar-refractivity contribution is 6.20. The fraction of sp³-hybridized carbons (Fsp3) is 0.667. The van der Waals surface area contributed by atoms with Gasteiger partial charge in [-0.3, -0.25) is 4.98 Å². The van der Waals surface area contributed by atoms with Crippen LogP contribution in [0.25, 0.3) is 0 Å². The van der Waals surface area contributed by atoms with Crippen molar-refractivity contribution in [3.05, 3.63) is 29.6 Å². The van der Waals surface area contributed by atoms with Crippen LogP contribution in [-0.2, 0) is 11.2 Å². The number of pyridine rings is 1. The van der Waals surface area contributed by atoms with E-state index >= 15 is 0 Å². The molecule has 2 heterocycles. The van der Waals surface area contributed by atoms with E-state index in [0.717, 1.165) is 31.6 Å². The Morgan fingerprint density at radius 3 is 3.00 bits per heavy atom. The van der Waals surface area contributed by atoms with Crippen LogP contribution in [0.2, 0.25) is 0 Å². The topological polar surface area (TPSA) is 22.1 Å². The lowest BCUT2D eigenvalue weighted by Crippen LogP contribution is -2.20. The van der Waals surface area contributed by atoms with Crippen molar-refractivity contribution < 1.29 is 4.74 Å². The van der Waals surface area contributed by atoms with Crippen molar-refractivity contribution in [2.75, 3.05) is 6.61 Å². The second kappa shape index (κ2) is 7.10. The Hall–Kier alpha value is -0.600. The molecule has 1 aromatic heterocycles. The summed E-state index contributed by atoms with van der Waals surface area (Å²) in [6.07, 6.45) is 9.02. The summed E-state index contributed by atoms with van der Waals surface area (Å²) in [5.41, 5.74) is 2.28. The molecule has 1 aliphatic rings. The quantitative estimate of drug-likeness (QED) is 0.755. The molecule has 2 rings (SSSR count). The van der Waals surface area contributed by atoms with Crippen molar-refractivity contribution in [1.82, 2.24) is 4.98 Å². The van der Waals surface area contributed by atoms with Crippen LogP contribution >= 0.6 is 11.6 Å². The first kappa shape index (κ1) is 13.8. The molecule has 1 aliphatic heterocycles. The molecule has 0 aromatic carbocycles. The Balaban J connectivity index is 1.71. The van der Waals surface area contributed by atoms with Crippen molar-refractivity contribution in [3.8, 4) is 0 Å². The van der Waals surface area contributed by atoms with E-state index in [4.69, 9.17) is 16.3 Å². The maximum absolute atomic E-state index is 6.38. The third-order valence-electron chi connectivity index (χ3n) is 3.48. The third-order valence-corrected chi connectivity index (χ3v) is 3.85. The summed E-state index contributed by atoms with van der Waals surface area (Å²) in [5, 5.41) is 0.172. The Kier molecular flexibility index (Phi) is 5.45. The summed E-state index contributed by atoms with van der Waals surface area (Å²) >= 11 is 6.38. The number of hydrogen-bond acceptors (Lipinski definition) is 2. The highest BCUT2D eigenvalue weighted by atomic mass is 35.5. The van der Waals surface area contributed by atoms with Gasteiger partial charge in [0.2, 0.25) is 0 Å². The van der Waals surface area contributed by atoms with Crippen LogP contribution in [0, 0.1) is 6.92 Å². The van der Waals surface area contributed by atoms with Crippen LogP contribution in [0.4, 0.5) is 0 Å². The van der Waals surface area contributed by atoms with Crippen molar-refractivity contribution in [2.24, 2.45) is 0 Å². The molecular formula is C15H22ClNO. The van der Waals surface area contributed by atoms with Crippen LogP contribution in [0.1, 0.15) is 43.4 Å². The molecular weight excluding hydrogens is 246 g/mol. The van der Waals surface area contributed by atoms with Crippen molar-refractivity contribution in [2.45, 2.75) is 56.9 Å². The van der Waals surface area contributed by atoms with E-state index in [2.05, 4.69) is 24.0 Å². The van der Waals surface area contributed by atoms with Gasteiger partial charge in [0, 0.05) is 30.3 Å². The zero-order chi connectivity index (χ0) is 12.8. The Labute approximate surface area is 115 Å². The SMILES string of the molecule is Cc1ccc(CC(Cl)CCC2CCCCO2)nc1. The molecule has 2 nitrogen and oxygen atoms in total. The highest BCUT2D eigenvalue weighted by Crippen LogP contribution is 2.20. The molecule has 1 aromatic rings. The summed E-state index contributed by atoms with van der Waals surface area (Å²) in [7, 11) is 0. The molecule has 100 valence electrons. The largest absolute Gasteiger partial charge is 0.378 e. The lowest BCUT2D eigenvalue weighted by Gasteiger charge is -2.23. The molecule has 2 atom stereocenters. The summed E-state index contributed by atoms with van der Waals surface area (Å²) in [4.78, 5) is 4.40. The summed E-state index contributed by atoms with van der Waals surface area (Å²) < 4.78 is 5.72. The second-order valence-corrected chi connectivity index (χ2v) is 5.81. The monoisotopic (exact) mass is 267 g/mol. The van der Waals surface area contributed by atoms with Gasteiger partial charge in [-0.25, -0.2) is 0 Å². The molecule has 3 heteroatoms. The zero-order valence-electron chi connectivity index (χ0n) is 11.1. The summed E-state index contributed by atoms with van der Waals surface area (Å²) in [6.45, 7) is 2.98. The Bertz CT molecular complexity index is 346. The molecule has 0 amide bonds. The first-order valence-electron chi connectivity index (χ1n) is 6.91. The van der Waals surface area contributed by atoms with Gasteiger partial charge in [-0.05, 0) is 50.7 Å². The first-order valence-corrected chi connectivity index (χ1v) is 7.35. The van der Waals surface area contributed by atoms with Crippen LogP contribution in [0.5, 0.6) is 0 Å². The number of aryl methyl sites for hydroxylation is 1. The zero-order valence-corrected chi connectivity index (χ0v) is 11.8. The first-order chi connectivity index (χ1) is 8.74. The lowest BCUT2D eigenvalue weighted by atomic mass is 10.0. The fourth-order valence-corrected chi connectivity index (χ4v) is 2.63. The van der Waals surface area contributed by atoms with Crippen molar-refractivity contribution >= 4 is 11.6 Å². The normalized spacial score (nSPS) is 21.8. The van der Waals surface area contributed by atoms with E-state index in [9.17, 15) is 0 Å². The van der Waals surface area contributed by atoms with E-state index in [-0.39, 0.29) is 5.38 Å². The Morgan fingerprint density at radius 1 is 1.44 bits per heavy atom. The second-order valence-electron chi connectivity index (χ2n) is 5.19. The smallest absolute Gasteiger partial charge is 0.0575 e. The van der Waals surface area contributed by atoms with Gasteiger partial charge in [-0.1, -0.05) is 6.07 Å². The maximum Gasteiger partial charge on any atom is 0.0575 e. The number of nitrogens with zero attached hydrogens (tertiary/aromatic N) is 1. The standard InChI is InChI=1S/C15H22ClNO/c1-12-5-7-14(17-11-12)10-13(16)6-8-15-4-2-3-9-18-15/h5,7,11,13,15H,2-4,6,8-10H2,1H3. The molecule has 18 heavy (non-hydrogen) atoms. The van der Waals surface area contributed by atoms with Crippen molar-refractivity contribution in [3.63, 3.8) is 0 Å². The molecule has 1 fully saturated rings. The minimum atomic E-state index is 0.172. The van der Waals surface area contributed by atoms with Gasteiger partial charge in [0.25, 0.3) is 0 Å². The van der Waals surface area contributed by atoms with Gasteiger partial charge in [-0.2, -0.15) is 0 Å². The molecule has 0 N–H and O–H groups in total. The van der Waals surface area contributed by atoms with Crippen molar-refractivity contribution in [1.29, 1.82) is 0 Å². The number of ether oxygens (including phenoxy) is 1. The van der Waals surface area contributed by atoms with Gasteiger partial charge >= 0.3 is 0 Å². The molecule has 0 spiro atoms. The predicted octanol–water partition coefficient (Wildman–Crippen LogP) is 3.89. The number of alkyl halides is 1. The van der Waals surface area contributed by atoms with E-state index < -0.39 is 0 Å². The number of aromatic nitrogens is 1. The van der Waals surface area contributed by atoms with E-state index in [0.29, 0.717) is 6.10 Å². The van der Waals surface area contributed by atoms with Crippen LogP contribution in [0.3, 0.4) is 0 Å². The number of halogens is 1. The van der Waals surface area contributed by atoms with Crippen LogP contribution < -0.4 is 0 Å². The average Bonchev–Trinajstić information content (AvgIpc) is 2.40. The molecule has 2 unspecified atom stereocenters. The van der Waals surface area contributed by atoms with E-state index in [1.54, 1.807) is 0 Å². The lowest BCUT2D eigenvalue weighted by molar-refractivity contribution is 0.0100. The minimum absolute atomic E-state index is 0.172. The highest BCUT2D eigenvalue weighted by Gasteiger charge is 2.16. The van der Waals surface area contributed by atoms with Crippen LogP contribution in [0.15, 0.2) is 18.3 Å². The minimum Gasteiger partial charge on any atom is -0.378 e. The molecule has 0 bridgehead atoms. The molecule has 1 saturated heterocycles. The van der Waals surface area contributed by atoms with Gasteiger partial charge in [0.1, 0.15) is 0 Å². The molecule has 0 aliphatic carbocycles. The fourth-order valence-electron chi connectivity index (χ4n) is 2.35.